The fraction of sp³-hybridized carbons (Fsp3) is 0.786. The predicted octanol–water partition coefficient (Wildman–Crippen LogP) is 3.04. The summed E-state index contributed by atoms with van der Waals surface area (Å²) >= 11 is 0. The Bertz CT molecular complexity index is 436. The average molecular weight is 271 g/mol. The van der Waals surface area contributed by atoms with E-state index < -0.39 is 5.92 Å². The maximum absolute atomic E-state index is 13.3. The number of nitrogens with two attached hydrogens (primary N) is 1. The zero-order valence-electron chi connectivity index (χ0n) is 11.9. The summed E-state index contributed by atoms with van der Waals surface area (Å²) in [5, 5.41) is 4.37. The van der Waals surface area contributed by atoms with Gasteiger partial charge in [-0.2, -0.15) is 5.10 Å². The van der Waals surface area contributed by atoms with Crippen LogP contribution in [0.1, 0.15) is 52.0 Å². The average Bonchev–Trinajstić information content (AvgIpc) is 2.79. The van der Waals surface area contributed by atoms with Crippen LogP contribution in [-0.2, 0) is 11.0 Å². The third-order valence-electron chi connectivity index (χ3n) is 4.21. The molecule has 0 aliphatic heterocycles. The lowest BCUT2D eigenvalue weighted by Gasteiger charge is -2.38. The van der Waals surface area contributed by atoms with Gasteiger partial charge < -0.3 is 5.73 Å². The van der Waals surface area contributed by atoms with Crippen molar-refractivity contribution in [3.63, 3.8) is 0 Å². The van der Waals surface area contributed by atoms with E-state index in [0.29, 0.717) is 19.4 Å². The van der Waals surface area contributed by atoms with Crippen LogP contribution in [0.5, 0.6) is 0 Å². The van der Waals surface area contributed by atoms with E-state index in [0.717, 1.165) is 5.56 Å². The van der Waals surface area contributed by atoms with Crippen LogP contribution in [0, 0.1) is 0 Å². The molecule has 1 aromatic heterocycles. The van der Waals surface area contributed by atoms with Crippen molar-refractivity contribution in [2.75, 3.05) is 6.54 Å². The second-order valence-corrected chi connectivity index (χ2v) is 6.68. The number of hydrogen-bond donors (Lipinski definition) is 1. The second kappa shape index (κ2) is 4.54. The van der Waals surface area contributed by atoms with Gasteiger partial charge in [0, 0.05) is 31.0 Å². The zero-order valence-corrected chi connectivity index (χ0v) is 11.9. The van der Waals surface area contributed by atoms with Gasteiger partial charge in [0.05, 0.1) is 11.7 Å². The molecule has 5 heteroatoms. The van der Waals surface area contributed by atoms with E-state index in [1.807, 2.05) is 10.9 Å². The van der Waals surface area contributed by atoms with Gasteiger partial charge in [0.15, 0.2) is 0 Å². The van der Waals surface area contributed by atoms with Gasteiger partial charge in [-0.3, -0.25) is 4.68 Å². The van der Waals surface area contributed by atoms with Crippen LogP contribution in [0.4, 0.5) is 8.78 Å². The topological polar surface area (TPSA) is 43.8 Å². The highest BCUT2D eigenvalue weighted by molar-refractivity contribution is 5.22. The summed E-state index contributed by atoms with van der Waals surface area (Å²) in [7, 11) is 0. The van der Waals surface area contributed by atoms with Crippen LogP contribution >= 0.6 is 0 Å². The Morgan fingerprint density at radius 3 is 2.26 bits per heavy atom. The smallest absolute Gasteiger partial charge is 0.248 e. The molecule has 1 fully saturated rings. The molecule has 0 bridgehead atoms. The summed E-state index contributed by atoms with van der Waals surface area (Å²) in [6, 6.07) is 0. The first-order valence-electron chi connectivity index (χ1n) is 6.82. The van der Waals surface area contributed by atoms with Gasteiger partial charge in [-0.1, -0.05) is 0 Å². The Balaban J connectivity index is 2.26. The van der Waals surface area contributed by atoms with Crippen molar-refractivity contribution in [3.05, 3.63) is 18.0 Å². The molecule has 108 valence electrons. The summed E-state index contributed by atoms with van der Waals surface area (Å²) < 4.78 is 28.5. The molecule has 1 heterocycles. The Morgan fingerprint density at radius 2 is 1.84 bits per heavy atom. The number of halogens is 2. The largest absolute Gasteiger partial charge is 0.330 e. The van der Waals surface area contributed by atoms with Crippen molar-refractivity contribution in [3.8, 4) is 0 Å². The zero-order chi connectivity index (χ0) is 14.3. The number of hydrogen-bond acceptors (Lipinski definition) is 2. The van der Waals surface area contributed by atoms with Gasteiger partial charge in [-0.05, 0) is 39.2 Å². The first-order valence-corrected chi connectivity index (χ1v) is 6.82. The third-order valence-corrected chi connectivity index (χ3v) is 4.21. The minimum atomic E-state index is -2.53. The van der Waals surface area contributed by atoms with E-state index in [-0.39, 0.29) is 23.8 Å². The molecule has 1 aromatic rings. The molecule has 1 aliphatic rings. The van der Waals surface area contributed by atoms with E-state index >= 15 is 0 Å². The van der Waals surface area contributed by atoms with Crippen LogP contribution < -0.4 is 5.73 Å². The fourth-order valence-corrected chi connectivity index (χ4v) is 2.67. The minimum Gasteiger partial charge on any atom is -0.330 e. The Labute approximate surface area is 113 Å². The molecule has 2 N–H and O–H groups in total. The van der Waals surface area contributed by atoms with Gasteiger partial charge in [0.25, 0.3) is 0 Å². The molecular formula is C14H23F2N3. The van der Waals surface area contributed by atoms with Crippen molar-refractivity contribution >= 4 is 0 Å². The van der Waals surface area contributed by atoms with Crippen molar-refractivity contribution in [2.45, 2.75) is 63.3 Å². The van der Waals surface area contributed by atoms with Crippen molar-refractivity contribution < 1.29 is 8.78 Å². The molecule has 1 saturated carbocycles. The Hall–Kier alpha value is -0.970. The number of nitrogens with zero attached hydrogens (tertiary/aromatic N) is 2. The molecule has 0 radical (unpaired) electrons. The summed E-state index contributed by atoms with van der Waals surface area (Å²) in [6.07, 6.45) is 4.48. The molecule has 3 nitrogen and oxygen atoms in total. The normalized spacial score (nSPS) is 22.4. The maximum Gasteiger partial charge on any atom is 0.248 e. The predicted molar refractivity (Wildman–Crippen MR) is 71.4 cm³/mol. The second-order valence-electron chi connectivity index (χ2n) is 6.68. The van der Waals surface area contributed by atoms with Crippen LogP contribution in [0.3, 0.4) is 0 Å². The molecule has 19 heavy (non-hydrogen) atoms. The highest BCUT2D eigenvalue weighted by Gasteiger charge is 2.44. The molecule has 0 amide bonds. The lowest BCUT2D eigenvalue weighted by atomic mass is 9.69. The van der Waals surface area contributed by atoms with Crippen LogP contribution in [-0.4, -0.2) is 22.2 Å². The highest BCUT2D eigenvalue weighted by atomic mass is 19.3. The summed E-state index contributed by atoms with van der Waals surface area (Å²) in [5.74, 6) is -2.53. The van der Waals surface area contributed by atoms with E-state index in [2.05, 4.69) is 25.9 Å². The first-order chi connectivity index (χ1) is 8.69. The number of aromatic nitrogens is 2. The monoisotopic (exact) mass is 271 g/mol. The van der Waals surface area contributed by atoms with Gasteiger partial charge in [-0.25, -0.2) is 8.78 Å². The van der Waals surface area contributed by atoms with Crippen molar-refractivity contribution in [1.29, 1.82) is 0 Å². The molecule has 2 rings (SSSR count). The van der Waals surface area contributed by atoms with Gasteiger partial charge in [0.1, 0.15) is 0 Å². The van der Waals surface area contributed by atoms with Gasteiger partial charge in [-0.15, -0.1) is 0 Å². The van der Waals surface area contributed by atoms with E-state index in [1.165, 1.54) is 0 Å². The van der Waals surface area contributed by atoms with Crippen LogP contribution in [0.2, 0.25) is 0 Å². The van der Waals surface area contributed by atoms with Crippen molar-refractivity contribution in [2.24, 2.45) is 5.73 Å². The van der Waals surface area contributed by atoms with Crippen molar-refractivity contribution in [1.82, 2.24) is 9.78 Å². The van der Waals surface area contributed by atoms with Gasteiger partial charge in [0.2, 0.25) is 5.92 Å². The lowest BCUT2D eigenvalue weighted by Crippen LogP contribution is -2.42. The molecule has 0 spiro atoms. The summed E-state index contributed by atoms with van der Waals surface area (Å²) in [5.41, 5.74) is 6.46. The minimum absolute atomic E-state index is 0.0785. The number of alkyl halides is 2. The Morgan fingerprint density at radius 1 is 1.26 bits per heavy atom. The molecule has 1 aliphatic carbocycles. The van der Waals surface area contributed by atoms with E-state index in [9.17, 15) is 8.78 Å². The molecule has 0 atom stereocenters. The maximum atomic E-state index is 13.3. The van der Waals surface area contributed by atoms with Gasteiger partial charge >= 0.3 is 0 Å². The first kappa shape index (κ1) is 14.4. The lowest BCUT2D eigenvalue weighted by molar-refractivity contribution is -0.0509. The molecule has 0 aromatic carbocycles. The summed E-state index contributed by atoms with van der Waals surface area (Å²) in [4.78, 5) is 0. The SMILES string of the molecule is CC(C)(C)n1cc(C2(CN)CCC(F)(F)CC2)cn1. The summed E-state index contributed by atoms with van der Waals surface area (Å²) in [6.45, 7) is 6.59. The Kier molecular flexibility index (Phi) is 3.45. The van der Waals surface area contributed by atoms with E-state index in [1.54, 1.807) is 6.20 Å². The third kappa shape index (κ3) is 2.81. The highest BCUT2D eigenvalue weighted by Crippen LogP contribution is 2.44. The van der Waals surface area contributed by atoms with Crippen LogP contribution in [0.25, 0.3) is 0 Å². The molecule has 0 saturated heterocycles. The molecular weight excluding hydrogens is 248 g/mol. The quantitative estimate of drug-likeness (QED) is 0.898. The molecule has 0 unspecified atom stereocenters. The number of rotatable bonds is 2. The fourth-order valence-electron chi connectivity index (χ4n) is 2.67. The van der Waals surface area contributed by atoms with E-state index in [4.69, 9.17) is 5.73 Å². The standard InChI is InChI=1S/C14H23F2N3/c1-12(2,3)19-9-11(8-18-19)13(10-17)4-6-14(15,16)7-5-13/h8-9H,4-7,10,17H2,1-3H3. The van der Waals surface area contributed by atoms with Crippen LogP contribution in [0.15, 0.2) is 12.4 Å².